The Hall–Kier alpha value is -0.990. The first kappa shape index (κ1) is 14.9. The molecule has 1 atom stereocenters. The fourth-order valence-electron chi connectivity index (χ4n) is 2.70. The van der Waals surface area contributed by atoms with Crippen LogP contribution in [0.15, 0.2) is 29.2 Å². The molecule has 116 valence electrons. The lowest BCUT2D eigenvalue weighted by atomic mass is 10.1. The SMILES string of the molecule is O=S(=O)(c1ccc(C2CNCCN2)cc1)N1CCOCC1. The third-order valence-corrected chi connectivity index (χ3v) is 5.84. The van der Waals surface area contributed by atoms with Gasteiger partial charge in [0.1, 0.15) is 0 Å². The topological polar surface area (TPSA) is 70.7 Å². The molecule has 21 heavy (non-hydrogen) atoms. The number of hydrogen-bond acceptors (Lipinski definition) is 5. The normalized spacial score (nSPS) is 24.9. The number of rotatable bonds is 3. The maximum absolute atomic E-state index is 12.5. The van der Waals surface area contributed by atoms with Gasteiger partial charge in [-0.25, -0.2) is 8.42 Å². The van der Waals surface area contributed by atoms with Gasteiger partial charge in [0, 0.05) is 38.8 Å². The highest BCUT2D eigenvalue weighted by Crippen LogP contribution is 2.20. The number of nitrogens with zero attached hydrogens (tertiary/aromatic N) is 1. The highest BCUT2D eigenvalue weighted by Gasteiger charge is 2.26. The number of hydrogen-bond donors (Lipinski definition) is 2. The molecule has 1 aromatic carbocycles. The van der Waals surface area contributed by atoms with Crippen molar-refractivity contribution in [3.63, 3.8) is 0 Å². The predicted octanol–water partition coefficient (Wildman–Crippen LogP) is -0.0586. The molecule has 1 unspecified atom stereocenters. The maximum atomic E-state index is 12.5. The Kier molecular flexibility index (Phi) is 4.56. The minimum Gasteiger partial charge on any atom is -0.379 e. The summed E-state index contributed by atoms with van der Waals surface area (Å²) in [6.07, 6.45) is 0. The van der Waals surface area contributed by atoms with E-state index in [4.69, 9.17) is 4.74 Å². The summed E-state index contributed by atoms with van der Waals surface area (Å²) in [5, 5.41) is 6.75. The van der Waals surface area contributed by atoms with E-state index in [0.29, 0.717) is 31.2 Å². The summed E-state index contributed by atoms with van der Waals surface area (Å²) >= 11 is 0. The quantitative estimate of drug-likeness (QED) is 0.818. The minimum absolute atomic E-state index is 0.249. The van der Waals surface area contributed by atoms with Gasteiger partial charge in [-0.1, -0.05) is 12.1 Å². The second kappa shape index (κ2) is 6.41. The summed E-state index contributed by atoms with van der Waals surface area (Å²) in [6, 6.07) is 7.46. The van der Waals surface area contributed by atoms with Crippen molar-refractivity contribution in [1.29, 1.82) is 0 Å². The predicted molar refractivity (Wildman–Crippen MR) is 79.6 cm³/mol. The van der Waals surface area contributed by atoms with E-state index in [1.807, 2.05) is 12.1 Å². The highest BCUT2D eigenvalue weighted by atomic mass is 32.2. The molecule has 2 heterocycles. The highest BCUT2D eigenvalue weighted by molar-refractivity contribution is 7.89. The van der Waals surface area contributed by atoms with Gasteiger partial charge in [-0.15, -0.1) is 0 Å². The molecule has 6 nitrogen and oxygen atoms in total. The van der Waals surface area contributed by atoms with Gasteiger partial charge in [0.15, 0.2) is 0 Å². The molecule has 0 saturated carbocycles. The second-order valence-corrected chi connectivity index (χ2v) is 7.23. The van der Waals surface area contributed by atoms with Crippen molar-refractivity contribution >= 4 is 10.0 Å². The average Bonchev–Trinajstić information content (AvgIpc) is 2.57. The Morgan fingerprint density at radius 3 is 2.43 bits per heavy atom. The molecule has 0 bridgehead atoms. The molecule has 1 aromatic rings. The van der Waals surface area contributed by atoms with Crippen molar-refractivity contribution in [2.45, 2.75) is 10.9 Å². The molecule has 0 aromatic heterocycles. The summed E-state index contributed by atoms with van der Waals surface area (Å²) in [5.74, 6) is 0. The monoisotopic (exact) mass is 311 g/mol. The van der Waals surface area contributed by atoms with E-state index in [1.54, 1.807) is 12.1 Å². The summed E-state index contributed by atoms with van der Waals surface area (Å²) in [6.45, 7) is 4.56. The van der Waals surface area contributed by atoms with Crippen LogP contribution < -0.4 is 10.6 Å². The molecule has 0 amide bonds. The Morgan fingerprint density at radius 1 is 1.10 bits per heavy atom. The minimum atomic E-state index is -3.39. The van der Waals surface area contributed by atoms with Crippen LogP contribution in [0.2, 0.25) is 0 Å². The van der Waals surface area contributed by atoms with Crippen molar-refractivity contribution in [2.24, 2.45) is 0 Å². The standard InChI is InChI=1S/C14H21N3O3S/c18-21(19,17-7-9-20-10-8-17)13-3-1-12(2-4-13)14-11-15-5-6-16-14/h1-4,14-16H,5-11H2. The molecular formula is C14H21N3O3S. The lowest BCUT2D eigenvalue weighted by Gasteiger charge is -2.27. The molecule has 2 N–H and O–H groups in total. The van der Waals surface area contributed by atoms with Crippen molar-refractivity contribution in [3.8, 4) is 0 Å². The van der Waals surface area contributed by atoms with E-state index in [1.165, 1.54) is 4.31 Å². The fourth-order valence-corrected chi connectivity index (χ4v) is 4.11. The van der Waals surface area contributed by atoms with Crippen LogP contribution in [-0.4, -0.2) is 58.7 Å². The molecule has 2 aliphatic heterocycles. The summed E-state index contributed by atoms with van der Waals surface area (Å²) in [4.78, 5) is 0.358. The maximum Gasteiger partial charge on any atom is 0.243 e. The number of sulfonamides is 1. The molecule has 7 heteroatoms. The van der Waals surface area contributed by atoms with E-state index in [-0.39, 0.29) is 6.04 Å². The van der Waals surface area contributed by atoms with Crippen molar-refractivity contribution in [1.82, 2.24) is 14.9 Å². The molecule has 0 aliphatic carbocycles. The van der Waals surface area contributed by atoms with Crippen LogP contribution in [0.5, 0.6) is 0 Å². The molecule has 0 spiro atoms. The van der Waals surface area contributed by atoms with E-state index < -0.39 is 10.0 Å². The van der Waals surface area contributed by atoms with Crippen LogP contribution in [0, 0.1) is 0 Å². The number of morpholine rings is 1. The van der Waals surface area contributed by atoms with Crippen LogP contribution in [0.4, 0.5) is 0 Å². The van der Waals surface area contributed by atoms with Gasteiger partial charge in [0.25, 0.3) is 0 Å². The molecule has 2 saturated heterocycles. The zero-order chi connectivity index (χ0) is 14.7. The van der Waals surface area contributed by atoms with Crippen LogP contribution >= 0.6 is 0 Å². The van der Waals surface area contributed by atoms with Gasteiger partial charge >= 0.3 is 0 Å². The van der Waals surface area contributed by atoms with Crippen LogP contribution in [0.1, 0.15) is 11.6 Å². The first-order chi connectivity index (χ1) is 10.2. The van der Waals surface area contributed by atoms with Gasteiger partial charge in [-0.3, -0.25) is 0 Å². The van der Waals surface area contributed by atoms with E-state index in [9.17, 15) is 8.42 Å². The summed E-state index contributed by atoms with van der Waals surface area (Å²) < 4.78 is 31.7. The van der Waals surface area contributed by atoms with Crippen LogP contribution in [0.3, 0.4) is 0 Å². The Morgan fingerprint density at radius 2 is 1.81 bits per heavy atom. The number of piperazine rings is 1. The van der Waals surface area contributed by atoms with Gasteiger partial charge in [0.05, 0.1) is 18.1 Å². The zero-order valence-electron chi connectivity index (χ0n) is 11.9. The average molecular weight is 311 g/mol. The van der Waals surface area contributed by atoms with Crippen molar-refractivity contribution < 1.29 is 13.2 Å². The molecule has 0 radical (unpaired) electrons. The molecular weight excluding hydrogens is 290 g/mol. The van der Waals surface area contributed by atoms with Gasteiger partial charge in [-0.2, -0.15) is 4.31 Å². The number of nitrogens with one attached hydrogen (secondary N) is 2. The van der Waals surface area contributed by atoms with Crippen molar-refractivity contribution in [3.05, 3.63) is 29.8 Å². The second-order valence-electron chi connectivity index (χ2n) is 5.30. The molecule has 3 rings (SSSR count). The Bertz CT molecular complexity index is 562. The van der Waals surface area contributed by atoms with Crippen molar-refractivity contribution in [2.75, 3.05) is 45.9 Å². The van der Waals surface area contributed by atoms with Gasteiger partial charge in [-0.05, 0) is 17.7 Å². The molecule has 2 fully saturated rings. The van der Waals surface area contributed by atoms with E-state index >= 15 is 0 Å². The number of ether oxygens (including phenoxy) is 1. The van der Waals surface area contributed by atoms with Gasteiger partial charge < -0.3 is 15.4 Å². The van der Waals surface area contributed by atoms with E-state index in [2.05, 4.69) is 10.6 Å². The number of benzene rings is 1. The third-order valence-electron chi connectivity index (χ3n) is 3.93. The smallest absolute Gasteiger partial charge is 0.243 e. The Balaban J connectivity index is 1.76. The lowest BCUT2D eigenvalue weighted by Crippen LogP contribution is -2.42. The third kappa shape index (κ3) is 3.27. The lowest BCUT2D eigenvalue weighted by molar-refractivity contribution is 0.0730. The van der Waals surface area contributed by atoms with Crippen LogP contribution in [0.25, 0.3) is 0 Å². The van der Waals surface area contributed by atoms with Gasteiger partial charge in [0.2, 0.25) is 10.0 Å². The summed E-state index contributed by atoms with van der Waals surface area (Å²) in [5.41, 5.74) is 1.11. The largest absolute Gasteiger partial charge is 0.379 e. The Labute approximate surface area is 125 Å². The summed E-state index contributed by atoms with van der Waals surface area (Å²) in [7, 11) is -3.39. The van der Waals surface area contributed by atoms with Crippen LogP contribution in [-0.2, 0) is 14.8 Å². The first-order valence-corrected chi connectivity index (χ1v) is 8.74. The fraction of sp³-hybridized carbons (Fsp3) is 0.571. The van der Waals surface area contributed by atoms with E-state index in [0.717, 1.165) is 25.2 Å². The molecule has 2 aliphatic rings. The first-order valence-electron chi connectivity index (χ1n) is 7.30. The zero-order valence-corrected chi connectivity index (χ0v) is 12.7.